The summed E-state index contributed by atoms with van der Waals surface area (Å²) in [5.41, 5.74) is 0.988. The monoisotopic (exact) mass is 594 g/mol. The number of esters is 1. The van der Waals surface area contributed by atoms with Gasteiger partial charge in [-0.05, 0) is 54.8 Å². The maximum Gasteiger partial charge on any atom is 0.331 e. The Labute approximate surface area is 240 Å². The Kier molecular flexibility index (Phi) is 10.2. The van der Waals surface area contributed by atoms with Gasteiger partial charge in [0, 0.05) is 6.08 Å². The average molecular weight is 595 g/mol. The highest BCUT2D eigenvalue weighted by molar-refractivity contribution is 5.87. The normalized spacial score (nSPS) is 31.7. The van der Waals surface area contributed by atoms with Gasteiger partial charge in [0.1, 0.15) is 30.5 Å². The number of carbonyl (C=O) groups is 1. The summed E-state index contributed by atoms with van der Waals surface area (Å²) in [7, 11) is 0. The Morgan fingerprint density at radius 3 is 2.26 bits per heavy atom. The lowest BCUT2D eigenvalue weighted by Gasteiger charge is -2.43. The summed E-state index contributed by atoms with van der Waals surface area (Å²) in [6.07, 6.45) is -9.85. The smallest absolute Gasteiger partial charge is 0.331 e. The molecule has 0 unspecified atom stereocenters. The molecule has 14 nitrogen and oxygen atoms in total. The van der Waals surface area contributed by atoms with Crippen molar-refractivity contribution in [2.24, 2.45) is 0 Å². The fraction of sp³-hybridized carbons (Fsp3) is 0.464. The molecule has 2 fully saturated rings. The summed E-state index contributed by atoms with van der Waals surface area (Å²) in [4.78, 5) is 12.7. The number of rotatable bonds is 9. The van der Waals surface area contributed by atoms with Crippen LogP contribution in [0, 0.1) is 0 Å². The van der Waals surface area contributed by atoms with Crippen LogP contribution in [0.25, 0.3) is 6.08 Å². The fourth-order valence-corrected chi connectivity index (χ4v) is 4.44. The van der Waals surface area contributed by atoms with Gasteiger partial charge in [-0.25, -0.2) is 4.79 Å². The van der Waals surface area contributed by atoms with E-state index in [0.29, 0.717) is 11.1 Å². The molecule has 0 saturated carbocycles. The summed E-state index contributed by atoms with van der Waals surface area (Å²) >= 11 is 0. The molecular weight excluding hydrogens is 560 g/mol. The van der Waals surface area contributed by atoms with Gasteiger partial charge >= 0.3 is 5.97 Å². The Hall–Kier alpha value is -3.47. The number of phenolic OH excluding ortho intramolecular Hbond substituents is 4. The second-order valence-corrected chi connectivity index (χ2v) is 9.98. The summed E-state index contributed by atoms with van der Waals surface area (Å²) in [6.45, 7) is 1.17. The minimum Gasteiger partial charge on any atom is -0.504 e. The Morgan fingerprint density at radius 2 is 1.57 bits per heavy atom. The minimum absolute atomic E-state index is 0.00412. The quantitative estimate of drug-likeness (QED) is 0.105. The molecule has 230 valence electrons. The number of aromatic hydroxyl groups is 4. The van der Waals surface area contributed by atoms with Crippen molar-refractivity contribution in [2.45, 2.75) is 68.7 Å². The lowest BCUT2D eigenvalue weighted by atomic mass is 9.99. The fourth-order valence-electron chi connectivity index (χ4n) is 4.44. The molecule has 0 radical (unpaired) electrons. The predicted octanol–water partition coefficient (Wildman–Crippen LogP) is -0.377. The van der Waals surface area contributed by atoms with Gasteiger partial charge in [-0.1, -0.05) is 12.1 Å². The van der Waals surface area contributed by atoms with Crippen molar-refractivity contribution >= 4 is 12.0 Å². The van der Waals surface area contributed by atoms with Crippen LogP contribution in [0.2, 0.25) is 0 Å². The van der Waals surface area contributed by atoms with Crippen molar-refractivity contribution in [1.29, 1.82) is 0 Å². The van der Waals surface area contributed by atoms with Gasteiger partial charge in [0.2, 0.25) is 0 Å². The molecule has 2 aliphatic rings. The van der Waals surface area contributed by atoms with Crippen molar-refractivity contribution in [3.05, 3.63) is 53.6 Å². The van der Waals surface area contributed by atoms with Gasteiger partial charge in [0.05, 0.1) is 19.3 Å². The van der Waals surface area contributed by atoms with Crippen molar-refractivity contribution in [3.63, 3.8) is 0 Å². The Bertz CT molecular complexity index is 1250. The van der Waals surface area contributed by atoms with Crippen LogP contribution in [0.15, 0.2) is 42.5 Å². The zero-order valence-electron chi connectivity index (χ0n) is 22.5. The molecule has 2 aromatic carbocycles. The first-order valence-electron chi connectivity index (χ1n) is 13.1. The van der Waals surface area contributed by atoms with E-state index >= 15 is 0 Å². The summed E-state index contributed by atoms with van der Waals surface area (Å²) in [5.74, 6) is -2.24. The first kappa shape index (κ1) is 31.5. The highest BCUT2D eigenvalue weighted by atomic mass is 16.7. The number of benzene rings is 2. The molecule has 2 aromatic rings. The molecule has 0 spiro atoms. The highest BCUT2D eigenvalue weighted by Crippen LogP contribution is 2.29. The molecule has 14 heteroatoms. The number of aliphatic hydroxyl groups is 4. The van der Waals surface area contributed by atoms with E-state index in [2.05, 4.69) is 0 Å². The van der Waals surface area contributed by atoms with E-state index in [0.717, 1.165) is 6.08 Å². The number of carbonyl (C=O) groups excluding carboxylic acids is 1. The summed E-state index contributed by atoms with van der Waals surface area (Å²) < 4.78 is 28.0. The average Bonchev–Trinajstić information content (AvgIpc) is 2.96. The molecule has 2 heterocycles. The van der Waals surface area contributed by atoms with Gasteiger partial charge in [-0.2, -0.15) is 0 Å². The van der Waals surface area contributed by atoms with E-state index in [-0.39, 0.29) is 36.9 Å². The van der Waals surface area contributed by atoms with Crippen LogP contribution < -0.4 is 0 Å². The van der Waals surface area contributed by atoms with Crippen LogP contribution in [0.5, 0.6) is 23.0 Å². The standard InChI is InChI=1S/C28H34O14/c1-13-22(34)24(36)25(37)27(40-13)41-20-12-39-28(38-9-8-15-3-6-17(30)19(32)11-15)26(23(20)35)42-21(33)7-4-14-2-5-16(29)18(31)10-14/h2-7,10-11,13,20,22-32,34-37H,8-9,12H2,1H3/t13-,20-,22-,23-,24+,25+,26+,27-,28+/m0/s1. The predicted molar refractivity (Wildman–Crippen MR) is 141 cm³/mol. The molecule has 0 aromatic heterocycles. The molecular formula is C28H34O14. The summed E-state index contributed by atoms with van der Waals surface area (Å²) in [5, 5.41) is 79.8. The zero-order valence-corrected chi connectivity index (χ0v) is 22.5. The van der Waals surface area contributed by atoms with E-state index in [4.69, 9.17) is 23.7 Å². The molecule has 0 bridgehead atoms. The van der Waals surface area contributed by atoms with Crippen LogP contribution in [0.1, 0.15) is 18.1 Å². The number of phenols is 4. The van der Waals surface area contributed by atoms with Gasteiger partial charge < -0.3 is 64.5 Å². The van der Waals surface area contributed by atoms with Crippen LogP contribution in [0.3, 0.4) is 0 Å². The molecule has 4 rings (SSSR count). The zero-order chi connectivity index (χ0) is 30.6. The first-order valence-corrected chi connectivity index (χ1v) is 13.1. The Morgan fingerprint density at radius 1 is 0.881 bits per heavy atom. The summed E-state index contributed by atoms with van der Waals surface area (Å²) in [6, 6.07) is 8.13. The maximum absolute atomic E-state index is 12.7. The Balaban J connectivity index is 1.45. The van der Waals surface area contributed by atoms with Crippen LogP contribution in [-0.4, -0.2) is 115 Å². The van der Waals surface area contributed by atoms with Crippen LogP contribution in [0.4, 0.5) is 0 Å². The van der Waals surface area contributed by atoms with Gasteiger partial charge in [-0.3, -0.25) is 0 Å². The minimum atomic E-state index is -1.65. The second-order valence-electron chi connectivity index (χ2n) is 9.98. The number of aliphatic hydroxyl groups excluding tert-OH is 4. The SMILES string of the molecule is C[C@@H]1O[C@@H](O[C@H]2CO[C@@H](OCCc3ccc(O)c(O)c3)[C@H](OC(=O)C=Cc3ccc(O)c(O)c3)[C@H]2O)[C@H](O)[C@H](O)[C@H]1O. The van der Waals surface area contributed by atoms with Gasteiger partial charge in [0.15, 0.2) is 41.7 Å². The van der Waals surface area contributed by atoms with Crippen LogP contribution in [-0.2, 0) is 34.9 Å². The third-order valence-electron chi connectivity index (χ3n) is 6.90. The highest BCUT2D eigenvalue weighted by Gasteiger charge is 2.48. The molecule has 8 N–H and O–H groups in total. The molecule has 0 amide bonds. The van der Waals surface area contributed by atoms with E-state index < -0.39 is 67.0 Å². The first-order chi connectivity index (χ1) is 19.9. The van der Waals surface area contributed by atoms with Crippen molar-refractivity contribution in [3.8, 4) is 23.0 Å². The molecule has 42 heavy (non-hydrogen) atoms. The van der Waals surface area contributed by atoms with E-state index in [9.17, 15) is 45.6 Å². The molecule has 9 atom stereocenters. The number of hydrogen-bond donors (Lipinski definition) is 8. The number of hydrogen-bond acceptors (Lipinski definition) is 14. The van der Waals surface area contributed by atoms with Crippen LogP contribution >= 0.6 is 0 Å². The largest absolute Gasteiger partial charge is 0.504 e. The molecule has 0 aliphatic carbocycles. The molecule has 2 saturated heterocycles. The van der Waals surface area contributed by atoms with E-state index in [1.54, 1.807) is 6.07 Å². The van der Waals surface area contributed by atoms with E-state index in [1.807, 2.05) is 0 Å². The lowest BCUT2D eigenvalue weighted by Crippen LogP contribution is -2.61. The maximum atomic E-state index is 12.7. The molecule has 2 aliphatic heterocycles. The van der Waals surface area contributed by atoms with Crippen molar-refractivity contribution in [1.82, 2.24) is 0 Å². The second kappa shape index (κ2) is 13.7. The topological polar surface area (TPSA) is 225 Å². The lowest BCUT2D eigenvalue weighted by molar-refractivity contribution is -0.339. The van der Waals surface area contributed by atoms with Gasteiger partial charge in [0.25, 0.3) is 0 Å². The van der Waals surface area contributed by atoms with Crippen molar-refractivity contribution in [2.75, 3.05) is 13.2 Å². The third kappa shape index (κ3) is 7.48. The van der Waals surface area contributed by atoms with Crippen molar-refractivity contribution < 1.29 is 69.3 Å². The third-order valence-corrected chi connectivity index (χ3v) is 6.90. The van der Waals surface area contributed by atoms with E-state index in [1.165, 1.54) is 43.3 Å². The van der Waals surface area contributed by atoms with Gasteiger partial charge in [-0.15, -0.1) is 0 Å². The number of ether oxygens (including phenoxy) is 5.